The first-order valence-corrected chi connectivity index (χ1v) is 14.4. The van der Waals surface area contributed by atoms with Gasteiger partial charge >= 0.3 is 0 Å². The summed E-state index contributed by atoms with van der Waals surface area (Å²) >= 11 is 13.5. The lowest BCUT2D eigenvalue weighted by molar-refractivity contribution is -0.111. The summed E-state index contributed by atoms with van der Waals surface area (Å²) in [5.41, 5.74) is 3.55. The van der Waals surface area contributed by atoms with Crippen molar-refractivity contribution in [2.24, 2.45) is 5.10 Å². The van der Waals surface area contributed by atoms with E-state index in [2.05, 4.69) is 73.7 Å². The molecule has 0 spiro atoms. The molecule has 178 valence electrons. The summed E-state index contributed by atoms with van der Waals surface area (Å²) in [4.78, 5) is 14.8. The number of sulfonamides is 1. The van der Waals surface area contributed by atoms with Gasteiger partial charge in [0, 0.05) is 11.8 Å². The quantitative estimate of drug-likeness (QED) is 0.260. The van der Waals surface area contributed by atoms with Gasteiger partial charge < -0.3 is 5.11 Å². The highest BCUT2D eigenvalue weighted by molar-refractivity contribution is 9.13. The molecule has 3 rings (SSSR count). The topological polar surface area (TPSA) is 95.8 Å². The largest absolute Gasteiger partial charge is 0.506 e. The molecule has 34 heavy (non-hydrogen) atoms. The van der Waals surface area contributed by atoms with Crippen LogP contribution in [0.25, 0.3) is 5.57 Å². The van der Waals surface area contributed by atoms with Crippen molar-refractivity contribution >= 4 is 91.3 Å². The third kappa shape index (κ3) is 5.04. The van der Waals surface area contributed by atoms with Crippen molar-refractivity contribution in [2.75, 3.05) is 0 Å². The minimum atomic E-state index is -4.02. The van der Waals surface area contributed by atoms with Crippen molar-refractivity contribution in [1.82, 2.24) is 4.83 Å². The molecule has 0 fully saturated rings. The predicted molar refractivity (Wildman–Crippen MR) is 149 cm³/mol. The number of aromatic hydroxyl groups is 1. The molecule has 2 N–H and O–H groups in total. The lowest BCUT2D eigenvalue weighted by atomic mass is 9.85. The molecule has 2 aromatic rings. The molecule has 0 unspecified atom stereocenters. The number of allylic oxidation sites excluding steroid dienone is 5. The molecule has 0 atom stereocenters. The Kier molecular flexibility index (Phi) is 8.45. The van der Waals surface area contributed by atoms with Gasteiger partial charge in [-0.15, -0.1) is 0 Å². The molecule has 0 bridgehead atoms. The zero-order valence-corrected chi connectivity index (χ0v) is 25.2. The van der Waals surface area contributed by atoms with Crippen LogP contribution >= 0.6 is 63.7 Å². The third-order valence-corrected chi connectivity index (χ3v) is 9.55. The van der Waals surface area contributed by atoms with Crippen LogP contribution < -0.4 is 4.83 Å². The van der Waals surface area contributed by atoms with E-state index in [-0.39, 0.29) is 16.4 Å². The Morgan fingerprint density at radius 2 is 1.74 bits per heavy atom. The van der Waals surface area contributed by atoms with Crippen LogP contribution in [0, 0.1) is 6.92 Å². The van der Waals surface area contributed by atoms with Crippen molar-refractivity contribution in [2.45, 2.75) is 25.7 Å². The van der Waals surface area contributed by atoms with E-state index >= 15 is 0 Å². The first-order chi connectivity index (χ1) is 15.9. The molecule has 1 aliphatic rings. The molecule has 6 nitrogen and oxygen atoms in total. The Labute approximate surface area is 231 Å². The van der Waals surface area contributed by atoms with Gasteiger partial charge in [-0.05, 0) is 131 Å². The fourth-order valence-corrected chi connectivity index (χ4v) is 6.73. The fourth-order valence-electron chi connectivity index (χ4n) is 3.43. The summed E-state index contributed by atoms with van der Waals surface area (Å²) in [6, 6.07) is 8.27. The zero-order valence-electron chi connectivity index (χ0n) is 18.1. The number of rotatable bonds is 5. The van der Waals surface area contributed by atoms with Gasteiger partial charge in [0.15, 0.2) is 0 Å². The number of nitrogens with one attached hydrogen (secondary N) is 1. The highest BCUT2D eigenvalue weighted by atomic mass is 79.9. The highest BCUT2D eigenvalue weighted by Crippen LogP contribution is 2.45. The van der Waals surface area contributed by atoms with E-state index in [1.54, 1.807) is 44.2 Å². The summed E-state index contributed by atoms with van der Waals surface area (Å²) < 4.78 is 27.9. The molecule has 2 aromatic carbocycles. The van der Waals surface area contributed by atoms with E-state index in [4.69, 9.17) is 0 Å². The number of benzene rings is 2. The third-order valence-electron chi connectivity index (χ3n) is 5.15. The molecule has 11 heteroatoms. The number of hydrazone groups is 1. The monoisotopic (exact) mass is 734 g/mol. The van der Waals surface area contributed by atoms with E-state index < -0.39 is 10.0 Å². The van der Waals surface area contributed by atoms with Crippen molar-refractivity contribution in [3.05, 3.63) is 82.2 Å². The van der Waals surface area contributed by atoms with Crippen LogP contribution in [0.3, 0.4) is 0 Å². The summed E-state index contributed by atoms with van der Waals surface area (Å²) in [7, 11) is -4.02. The molecular formula is C23H18Br4N2O4S. The lowest BCUT2D eigenvalue weighted by Crippen LogP contribution is -2.20. The summed E-state index contributed by atoms with van der Waals surface area (Å²) in [6.45, 7) is 5.19. The number of hydrogen-bond donors (Lipinski definition) is 2. The minimum absolute atomic E-state index is 0.00756. The van der Waals surface area contributed by atoms with Crippen molar-refractivity contribution in [1.29, 1.82) is 0 Å². The Morgan fingerprint density at radius 3 is 2.38 bits per heavy atom. The maximum atomic E-state index is 13.2. The van der Waals surface area contributed by atoms with Gasteiger partial charge in [-0.1, -0.05) is 18.2 Å². The number of nitrogens with zero attached hydrogens (tertiary/aromatic N) is 1. The van der Waals surface area contributed by atoms with Crippen LogP contribution in [0.2, 0.25) is 0 Å². The second kappa shape index (κ2) is 10.6. The van der Waals surface area contributed by atoms with Crippen LogP contribution in [0.1, 0.15) is 30.5 Å². The van der Waals surface area contributed by atoms with Gasteiger partial charge in [0.2, 0.25) is 5.78 Å². The summed E-state index contributed by atoms with van der Waals surface area (Å²) in [6.07, 6.45) is 3.02. The SMILES string of the molecule is CC=NNS(=O)(=O)c1ccccc1/C(=C1/C=C(Br)C(=O)C(Br)=C1C)c1cc(Br)c(O)c(Br)c1C. The van der Waals surface area contributed by atoms with Gasteiger partial charge in [0.25, 0.3) is 10.0 Å². The maximum absolute atomic E-state index is 13.2. The molecule has 0 aliphatic heterocycles. The first-order valence-electron chi connectivity index (χ1n) is 9.72. The predicted octanol–water partition coefficient (Wildman–Crippen LogP) is 6.84. The molecule has 0 radical (unpaired) electrons. The van der Waals surface area contributed by atoms with E-state index in [0.29, 0.717) is 51.3 Å². The van der Waals surface area contributed by atoms with Crippen LogP contribution in [-0.4, -0.2) is 25.5 Å². The van der Waals surface area contributed by atoms with Gasteiger partial charge in [-0.2, -0.15) is 13.5 Å². The normalized spacial score (nSPS) is 16.2. The van der Waals surface area contributed by atoms with Gasteiger partial charge in [-0.3, -0.25) is 4.79 Å². The van der Waals surface area contributed by atoms with Crippen LogP contribution in [-0.2, 0) is 14.8 Å². The van der Waals surface area contributed by atoms with Crippen molar-refractivity contribution in [3.63, 3.8) is 0 Å². The first kappa shape index (κ1) is 27.1. The Hall–Kier alpha value is -1.53. The van der Waals surface area contributed by atoms with Gasteiger partial charge in [-0.25, -0.2) is 4.83 Å². The summed E-state index contributed by atoms with van der Waals surface area (Å²) in [5.74, 6) is -0.195. The minimum Gasteiger partial charge on any atom is -0.506 e. The van der Waals surface area contributed by atoms with Gasteiger partial charge in [0.1, 0.15) is 5.75 Å². The number of phenols is 1. The van der Waals surface area contributed by atoms with Crippen molar-refractivity contribution < 1.29 is 18.3 Å². The van der Waals surface area contributed by atoms with Crippen LogP contribution in [0.5, 0.6) is 5.75 Å². The number of halogens is 4. The van der Waals surface area contributed by atoms with Crippen LogP contribution in [0.15, 0.2) is 75.5 Å². The van der Waals surface area contributed by atoms with Crippen molar-refractivity contribution in [3.8, 4) is 5.75 Å². The molecular weight excluding hydrogens is 720 g/mol. The number of ketones is 1. The van der Waals surface area contributed by atoms with Gasteiger partial charge in [0.05, 0.1) is 22.8 Å². The second-order valence-electron chi connectivity index (χ2n) is 7.22. The van der Waals surface area contributed by atoms with E-state index in [1.165, 1.54) is 12.3 Å². The summed E-state index contributed by atoms with van der Waals surface area (Å²) in [5, 5.41) is 14.1. The maximum Gasteiger partial charge on any atom is 0.277 e. The average Bonchev–Trinajstić information content (AvgIpc) is 2.81. The smallest absolute Gasteiger partial charge is 0.277 e. The molecule has 0 amide bonds. The van der Waals surface area contributed by atoms with E-state index in [1.807, 2.05) is 6.92 Å². The van der Waals surface area contributed by atoms with Crippen LogP contribution in [0.4, 0.5) is 0 Å². The molecule has 0 heterocycles. The Morgan fingerprint density at radius 1 is 1.09 bits per heavy atom. The fraction of sp³-hybridized carbons (Fsp3) is 0.130. The Balaban J connectivity index is 2.54. The zero-order chi connectivity index (χ0) is 25.4. The number of Topliss-reactive ketones (excluding diaryl/α,β-unsaturated/α-hetero) is 1. The lowest BCUT2D eigenvalue weighted by Gasteiger charge is -2.23. The average molecular weight is 738 g/mol. The number of phenolic OH excluding ortho intramolecular Hbond substituents is 1. The highest BCUT2D eigenvalue weighted by Gasteiger charge is 2.29. The number of carbonyl (C=O) groups is 1. The molecule has 0 saturated heterocycles. The second-order valence-corrected chi connectivity index (χ2v) is 12.1. The number of carbonyl (C=O) groups excluding carboxylic acids is 1. The van der Waals surface area contributed by atoms with E-state index in [0.717, 1.165) is 0 Å². The molecule has 0 saturated carbocycles. The molecule has 1 aliphatic carbocycles. The standard InChI is InChI=1S/C23H18Br4N2O4S/c1-4-28-29-34(32,33)18-8-6-5-7-13(18)19(14-9-16(24)22(30)20(26)11(14)2)15-10-17(25)23(31)21(27)12(15)3/h4-10,29-30H,1-3H3/b19-15+,28-4?. The Bertz CT molecular complexity index is 1440. The number of hydrogen-bond acceptors (Lipinski definition) is 5. The van der Waals surface area contributed by atoms with E-state index in [9.17, 15) is 18.3 Å². The molecule has 0 aromatic heterocycles.